The number of rotatable bonds is 2. The van der Waals surface area contributed by atoms with Crippen molar-refractivity contribution in [3.05, 3.63) is 96.8 Å². The van der Waals surface area contributed by atoms with E-state index in [1.54, 1.807) is 11.8 Å². The van der Waals surface area contributed by atoms with Gasteiger partial charge in [0.05, 0.1) is 11.1 Å². The fraction of sp³-hybridized carbons (Fsp3) is 0.0800. The van der Waals surface area contributed by atoms with Crippen molar-refractivity contribution in [2.45, 2.75) is 4.90 Å². The summed E-state index contributed by atoms with van der Waals surface area (Å²) in [6, 6.07) is 12.9. The molecule has 0 saturated heterocycles. The topological polar surface area (TPSA) is 28.7 Å². The minimum absolute atomic E-state index is 0. The van der Waals surface area contributed by atoms with Gasteiger partial charge in [-0.1, -0.05) is 60.7 Å². The van der Waals surface area contributed by atoms with Gasteiger partial charge in [-0.15, -0.1) is 11.8 Å². The standard InChI is InChI=1S/C20H15N2S.C5H5.Fe/c1-22-17-10-6-5-9-14(17)19-16(12-21)18(23-2)11-15(20(19)22)13-7-3-4-8-13;1-2-4-5-3-1;/h3-11H,1-2H3;1-5H;. The van der Waals surface area contributed by atoms with Gasteiger partial charge in [-0.05, 0) is 24.0 Å². The number of hydrogen-bond acceptors (Lipinski definition) is 2. The number of hydrogen-bond donors (Lipinski definition) is 0. The van der Waals surface area contributed by atoms with Crippen LogP contribution in [-0.4, -0.2) is 10.8 Å². The maximum atomic E-state index is 9.77. The van der Waals surface area contributed by atoms with Crippen molar-refractivity contribution >= 4 is 39.1 Å². The normalized spacial score (nSPS) is 13.9. The van der Waals surface area contributed by atoms with Gasteiger partial charge in [0.2, 0.25) is 0 Å². The van der Waals surface area contributed by atoms with E-state index in [1.165, 1.54) is 11.1 Å². The largest absolute Gasteiger partial charge is 0.343 e. The first-order valence-corrected chi connectivity index (χ1v) is 10.4. The molecule has 0 unspecified atom stereocenters. The molecular formula is C25H20FeN2S. The molecule has 29 heavy (non-hydrogen) atoms. The van der Waals surface area contributed by atoms with Crippen LogP contribution in [0.4, 0.5) is 0 Å². The number of fused-ring (bicyclic) bond motifs is 3. The van der Waals surface area contributed by atoms with Gasteiger partial charge in [0, 0.05) is 63.7 Å². The SMILES string of the molecule is CSc1cc(C2=C[CH]C=C2)c2c(c1C#N)c1ccccc1n2C.[CH]1C=CC=C1.[Fe]. The van der Waals surface area contributed by atoms with E-state index in [0.29, 0.717) is 0 Å². The second kappa shape index (κ2) is 9.37. The van der Waals surface area contributed by atoms with Gasteiger partial charge in [-0.25, -0.2) is 0 Å². The second-order valence-electron chi connectivity index (χ2n) is 6.55. The van der Waals surface area contributed by atoms with Gasteiger partial charge in [0.15, 0.2) is 0 Å². The molecule has 0 saturated carbocycles. The molecule has 2 aliphatic carbocycles. The van der Waals surface area contributed by atoms with E-state index in [1.807, 2.05) is 49.1 Å². The Morgan fingerprint density at radius 1 is 1.00 bits per heavy atom. The predicted molar refractivity (Wildman–Crippen MR) is 121 cm³/mol. The number of aromatic nitrogens is 1. The summed E-state index contributed by atoms with van der Waals surface area (Å²) in [6.45, 7) is 0. The van der Waals surface area contributed by atoms with E-state index < -0.39 is 0 Å². The molecule has 0 spiro atoms. The first-order chi connectivity index (χ1) is 13.8. The van der Waals surface area contributed by atoms with Crippen LogP contribution in [0, 0.1) is 24.2 Å². The molecule has 0 amide bonds. The molecule has 1 aromatic heterocycles. The Morgan fingerprint density at radius 3 is 2.34 bits per heavy atom. The molecule has 0 aliphatic heterocycles. The molecule has 3 aromatic rings. The van der Waals surface area contributed by atoms with E-state index in [0.717, 1.165) is 32.3 Å². The van der Waals surface area contributed by atoms with E-state index in [4.69, 9.17) is 0 Å². The summed E-state index contributed by atoms with van der Waals surface area (Å²) in [6.07, 6.45) is 20.4. The van der Waals surface area contributed by atoms with Crippen LogP contribution in [0.1, 0.15) is 11.1 Å². The third kappa shape index (κ3) is 3.87. The van der Waals surface area contributed by atoms with Crippen LogP contribution in [0.2, 0.25) is 0 Å². The molecular weight excluding hydrogens is 416 g/mol. The van der Waals surface area contributed by atoms with Gasteiger partial charge in [0.25, 0.3) is 0 Å². The van der Waals surface area contributed by atoms with Crippen molar-refractivity contribution in [1.29, 1.82) is 5.26 Å². The number of thioether (sulfide) groups is 1. The molecule has 0 atom stereocenters. The van der Waals surface area contributed by atoms with Gasteiger partial charge in [0.1, 0.15) is 6.07 Å². The van der Waals surface area contributed by atoms with Crippen LogP contribution in [0.3, 0.4) is 0 Å². The minimum atomic E-state index is 0. The van der Waals surface area contributed by atoms with Crippen molar-refractivity contribution in [2.75, 3.05) is 6.26 Å². The summed E-state index contributed by atoms with van der Waals surface area (Å²) >= 11 is 1.63. The maximum Gasteiger partial charge on any atom is 0.101 e. The van der Waals surface area contributed by atoms with E-state index in [-0.39, 0.29) is 17.1 Å². The van der Waals surface area contributed by atoms with Crippen LogP contribution in [0.15, 0.2) is 77.8 Å². The van der Waals surface area contributed by atoms with Gasteiger partial charge in [-0.2, -0.15) is 5.26 Å². The second-order valence-corrected chi connectivity index (χ2v) is 7.40. The third-order valence-corrected chi connectivity index (χ3v) is 5.76. The molecule has 1 heterocycles. The van der Waals surface area contributed by atoms with Crippen LogP contribution >= 0.6 is 11.8 Å². The Labute approximate surface area is 186 Å². The summed E-state index contributed by atoms with van der Waals surface area (Å²) in [5.41, 5.74) is 5.45. The maximum absolute atomic E-state index is 9.77. The van der Waals surface area contributed by atoms with Crippen molar-refractivity contribution in [2.24, 2.45) is 7.05 Å². The van der Waals surface area contributed by atoms with E-state index >= 15 is 0 Å². The summed E-state index contributed by atoms with van der Waals surface area (Å²) in [5, 5.41) is 12.0. The molecule has 0 bridgehead atoms. The molecule has 2 radical (unpaired) electrons. The summed E-state index contributed by atoms with van der Waals surface area (Å²) in [5.74, 6) is 0. The van der Waals surface area contributed by atoms with Crippen molar-refractivity contribution in [3.8, 4) is 6.07 Å². The Kier molecular flexibility index (Phi) is 6.87. The van der Waals surface area contributed by atoms with Crippen LogP contribution in [-0.2, 0) is 24.1 Å². The first kappa shape index (κ1) is 21.3. The smallest absolute Gasteiger partial charge is 0.101 e. The molecule has 2 aliphatic rings. The Hall–Kier alpha value is -2.44. The monoisotopic (exact) mass is 436 g/mol. The van der Waals surface area contributed by atoms with E-state index in [2.05, 4.69) is 60.5 Å². The fourth-order valence-corrected chi connectivity index (χ4v) is 4.31. The molecule has 144 valence electrons. The quantitative estimate of drug-likeness (QED) is 0.344. The Morgan fingerprint density at radius 2 is 1.76 bits per heavy atom. The number of aryl methyl sites for hydroxylation is 1. The van der Waals surface area contributed by atoms with Gasteiger partial charge >= 0.3 is 0 Å². The summed E-state index contributed by atoms with van der Waals surface area (Å²) in [7, 11) is 2.08. The van der Waals surface area contributed by atoms with Crippen LogP contribution in [0.5, 0.6) is 0 Å². The number of benzene rings is 2. The molecule has 2 nitrogen and oxygen atoms in total. The van der Waals surface area contributed by atoms with Gasteiger partial charge < -0.3 is 4.57 Å². The molecule has 2 aromatic carbocycles. The average molecular weight is 436 g/mol. The predicted octanol–water partition coefficient (Wildman–Crippen LogP) is 6.40. The third-order valence-electron chi connectivity index (χ3n) is 4.99. The molecule has 0 N–H and O–H groups in total. The zero-order valence-corrected chi connectivity index (χ0v) is 18.2. The molecule has 5 rings (SSSR count). The average Bonchev–Trinajstić information content (AvgIpc) is 3.51. The van der Waals surface area contributed by atoms with Crippen molar-refractivity contribution < 1.29 is 17.1 Å². The number of para-hydroxylation sites is 1. The van der Waals surface area contributed by atoms with E-state index in [9.17, 15) is 5.26 Å². The van der Waals surface area contributed by atoms with Crippen molar-refractivity contribution in [3.63, 3.8) is 0 Å². The minimum Gasteiger partial charge on any atom is -0.343 e. The van der Waals surface area contributed by atoms with Crippen molar-refractivity contribution in [1.82, 2.24) is 4.57 Å². The Balaban J connectivity index is 0.000000352. The van der Waals surface area contributed by atoms with Crippen LogP contribution < -0.4 is 0 Å². The first-order valence-electron chi connectivity index (χ1n) is 9.13. The zero-order valence-electron chi connectivity index (χ0n) is 16.2. The summed E-state index contributed by atoms with van der Waals surface area (Å²) in [4.78, 5) is 1.03. The number of allylic oxidation sites excluding steroid dienone is 8. The van der Waals surface area contributed by atoms with Gasteiger partial charge in [-0.3, -0.25) is 0 Å². The fourth-order valence-electron chi connectivity index (χ4n) is 3.72. The number of nitriles is 1. The molecule has 4 heteroatoms. The zero-order chi connectivity index (χ0) is 19.5. The Bertz CT molecular complexity index is 1210. The number of nitrogens with zero attached hydrogens (tertiary/aromatic N) is 2. The van der Waals surface area contributed by atoms with Crippen LogP contribution in [0.25, 0.3) is 27.4 Å². The molecule has 0 fully saturated rings. The summed E-state index contributed by atoms with van der Waals surface area (Å²) < 4.78 is 2.21.